The van der Waals surface area contributed by atoms with Crippen LogP contribution in [-0.2, 0) is 9.59 Å². The maximum Gasteiger partial charge on any atom is 0.407 e. The van der Waals surface area contributed by atoms with Gasteiger partial charge in [0.25, 0.3) is 0 Å². The van der Waals surface area contributed by atoms with Crippen LogP contribution < -0.4 is 5.32 Å². The monoisotopic (exact) mass is 526 g/mol. The SMILES string of the molecule is CC(c1ccccc1)N1CC(CCCN[C@@H](c2ccc(Br)cc2)C(F)(F)F)(C(=O)O)CC1=O. The van der Waals surface area contributed by atoms with E-state index in [9.17, 15) is 27.9 Å². The third kappa shape index (κ3) is 5.95. The Morgan fingerprint density at radius 3 is 2.36 bits per heavy atom. The fourth-order valence-electron chi connectivity index (χ4n) is 4.29. The standard InChI is InChI=1S/C24H26BrF3N2O3/c1-16(17-6-3-2-4-7-17)30-15-23(22(32)33,14-20(30)31)12-5-13-29-21(24(26,27)28)18-8-10-19(25)11-9-18/h2-4,6-11,16,21,29H,5,12-15H2,1H3,(H,32,33)/t16?,21-,23?/m0/s1. The average Bonchev–Trinajstić information content (AvgIpc) is 3.11. The first kappa shape index (κ1) is 25.2. The van der Waals surface area contributed by atoms with E-state index in [2.05, 4.69) is 21.2 Å². The van der Waals surface area contributed by atoms with Crippen molar-refractivity contribution in [3.63, 3.8) is 0 Å². The molecule has 9 heteroatoms. The predicted molar refractivity (Wildman–Crippen MR) is 121 cm³/mol. The molecule has 1 saturated heterocycles. The van der Waals surface area contributed by atoms with Crippen molar-refractivity contribution >= 4 is 27.8 Å². The van der Waals surface area contributed by atoms with Gasteiger partial charge < -0.3 is 15.3 Å². The number of likely N-dealkylation sites (tertiary alicyclic amines) is 1. The van der Waals surface area contributed by atoms with Crippen molar-refractivity contribution < 1.29 is 27.9 Å². The summed E-state index contributed by atoms with van der Waals surface area (Å²) in [5.74, 6) is -1.36. The topological polar surface area (TPSA) is 69.6 Å². The highest BCUT2D eigenvalue weighted by Gasteiger charge is 2.50. The maximum atomic E-state index is 13.6. The Labute approximate surface area is 199 Å². The van der Waals surface area contributed by atoms with E-state index in [0.29, 0.717) is 4.47 Å². The largest absolute Gasteiger partial charge is 0.481 e. The van der Waals surface area contributed by atoms with Crippen LogP contribution in [0.3, 0.4) is 0 Å². The minimum Gasteiger partial charge on any atom is -0.481 e. The van der Waals surface area contributed by atoms with E-state index in [1.54, 1.807) is 17.0 Å². The molecule has 33 heavy (non-hydrogen) atoms. The van der Waals surface area contributed by atoms with Crippen LogP contribution in [0.15, 0.2) is 59.1 Å². The Bertz CT molecular complexity index is 969. The molecule has 1 aliphatic rings. The van der Waals surface area contributed by atoms with E-state index in [0.717, 1.165) is 5.56 Å². The lowest BCUT2D eigenvalue weighted by atomic mass is 9.82. The molecule has 1 amide bonds. The molecule has 1 heterocycles. The molecule has 0 aromatic heterocycles. The summed E-state index contributed by atoms with van der Waals surface area (Å²) < 4.78 is 41.4. The number of rotatable bonds is 9. The van der Waals surface area contributed by atoms with Gasteiger partial charge in [-0.25, -0.2) is 0 Å². The second kappa shape index (κ2) is 10.3. The van der Waals surface area contributed by atoms with Gasteiger partial charge in [0.2, 0.25) is 5.91 Å². The van der Waals surface area contributed by atoms with Gasteiger partial charge in [-0.15, -0.1) is 0 Å². The smallest absolute Gasteiger partial charge is 0.407 e. The number of hydrogen-bond acceptors (Lipinski definition) is 3. The summed E-state index contributed by atoms with van der Waals surface area (Å²) in [4.78, 5) is 26.4. The molecule has 178 valence electrons. The third-order valence-corrected chi connectivity index (χ3v) is 6.73. The summed E-state index contributed by atoms with van der Waals surface area (Å²) in [6, 6.07) is 13.1. The summed E-state index contributed by atoms with van der Waals surface area (Å²) in [7, 11) is 0. The lowest BCUT2D eigenvalue weighted by molar-refractivity contribution is -0.158. The first-order valence-corrected chi connectivity index (χ1v) is 11.5. The summed E-state index contributed by atoms with van der Waals surface area (Å²) in [6.07, 6.45) is -4.36. The van der Waals surface area contributed by atoms with Gasteiger partial charge in [0, 0.05) is 17.4 Å². The van der Waals surface area contributed by atoms with Crippen molar-refractivity contribution in [1.29, 1.82) is 0 Å². The average molecular weight is 527 g/mol. The van der Waals surface area contributed by atoms with Gasteiger partial charge in [-0.3, -0.25) is 9.59 Å². The van der Waals surface area contributed by atoms with Gasteiger partial charge in [-0.1, -0.05) is 58.4 Å². The first-order valence-electron chi connectivity index (χ1n) is 10.7. The van der Waals surface area contributed by atoms with Crippen LogP contribution in [0.5, 0.6) is 0 Å². The van der Waals surface area contributed by atoms with Crippen molar-refractivity contribution in [3.8, 4) is 0 Å². The van der Waals surface area contributed by atoms with Crippen LogP contribution in [0.1, 0.15) is 49.4 Å². The molecule has 0 saturated carbocycles. The van der Waals surface area contributed by atoms with Gasteiger partial charge in [-0.2, -0.15) is 13.2 Å². The van der Waals surface area contributed by atoms with Gasteiger partial charge in [0.15, 0.2) is 0 Å². The van der Waals surface area contributed by atoms with E-state index >= 15 is 0 Å². The van der Waals surface area contributed by atoms with Crippen LogP contribution >= 0.6 is 15.9 Å². The molecule has 3 rings (SSSR count). The molecule has 0 spiro atoms. The molecule has 3 atom stereocenters. The fraction of sp³-hybridized carbons (Fsp3) is 0.417. The number of nitrogens with zero attached hydrogens (tertiary/aromatic N) is 1. The Balaban J connectivity index is 1.65. The van der Waals surface area contributed by atoms with E-state index in [-0.39, 0.29) is 49.9 Å². The summed E-state index contributed by atoms with van der Waals surface area (Å²) in [5, 5.41) is 12.4. The Morgan fingerprint density at radius 2 is 1.79 bits per heavy atom. The van der Waals surface area contributed by atoms with Crippen LogP contribution in [0, 0.1) is 5.41 Å². The van der Waals surface area contributed by atoms with E-state index < -0.39 is 23.6 Å². The van der Waals surface area contributed by atoms with Crippen molar-refractivity contribution in [2.24, 2.45) is 5.41 Å². The second-order valence-corrected chi connectivity index (χ2v) is 9.37. The number of halogens is 4. The number of carbonyl (C=O) groups excluding carboxylic acids is 1. The molecule has 1 fully saturated rings. The molecule has 2 aromatic rings. The van der Waals surface area contributed by atoms with Crippen LogP contribution in [0.2, 0.25) is 0 Å². The number of carboxylic acids is 1. The second-order valence-electron chi connectivity index (χ2n) is 8.45. The number of amides is 1. The van der Waals surface area contributed by atoms with E-state index in [1.807, 2.05) is 37.3 Å². The molecule has 2 N–H and O–H groups in total. The van der Waals surface area contributed by atoms with E-state index in [1.165, 1.54) is 12.1 Å². The molecule has 5 nitrogen and oxygen atoms in total. The number of benzene rings is 2. The fourth-order valence-corrected chi connectivity index (χ4v) is 4.56. The van der Waals surface area contributed by atoms with Crippen LogP contribution in [0.4, 0.5) is 13.2 Å². The van der Waals surface area contributed by atoms with Gasteiger partial charge in [0.1, 0.15) is 6.04 Å². The van der Waals surface area contributed by atoms with Crippen LogP contribution in [-0.4, -0.2) is 41.1 Å². The summed E-state index contributed by atoms with van der Waals surface area (Å²) >= 11 is 3.21. The Morgan fingerprint density at radius 1 is 1.15 bits per heavy atom. The molecule has 0 bridgehead atoms. The molecule has 0 radical (unpaired) electrons. The quantitative estimate of drug-likeness (QED) is 0.424. The number of carbonyl (C=O) groups is 2. The number of carboxylic acid groups (broad SMARTS) is 1. The Kier molecular flexibility index (Phi) is 7.84. The molecule has 0 aliphatic carbocycles. The minimum absolute atomic E-state index is 0.0301. The third-order valence-electron chi connectivity index (χ3n) is 6.20. The van der Waals surface area contributed by atoms with Crippen molar-refractivity contribution in [3.05, 3.63) is 70.2 Å². The summed E-state index contributed by atoms with van der Waals surface area (Å²) in [6.45, 7) is 1.85. The first-order chi connectivity index (χ1) is 15.5. The van der Waals surface area contributed by atoms with Crippen molar-refractivity contribution in [2.45, 2.75) is 44.4 Å². The van der Waals surface area contributed by atoms with Crippen molar-refractivity contribution in [1.82, 2.24) is 10.2 Å². The molecule has 2 unspecified atom stereocenters. The summed E-state index contributed by atoms with van der Waals surface area (Å²) in [5.41, 5.74) is -0.332. The van der Waals surface area contributed by atoms with E-state index in [4.69, 9.17) is 0 Å². The van der Waals surface area contributed by atoms with Crippen LogP contribution in [0.25, 0.3) is 0 Å². The zero-order chi connectivity index (χ0) is 24.2. The number of aliphatic carboxylic acids is 1. The molecular weight excluding hydrogens is 501 g/mol. The van der Waals surface area contributed by atoms with Gasteiger partial charge in [-0.05, 0) is 49.6 Å². The molecule has 2 aromatic carbocycles. The predicted octanol–water partition coefficient (Wildman–Crippen LogP) is 5.49. The van der Waals surface area contributed by atoms with Crippen molar-refractivity contribution in [2.75, 3.05) is 13.1 Å². The highest BCUT2D eigenvalue weighted by molar-refractivity contribution is 9.10. The Hall–Kier alpha value is -2.39. The zero-order valence-electron chi connectivity index (χ0n) is 18.1. The lowest BCUT2D eigenvalue weighted by Gasteiger charge is -2.29. The maximum absolute atomic E-state index is 13.6. The molecule has 1 aliphatic heterocycles. The number of alkyl halides is 3. The lowest BCUT2D eigenvalue weighted by Crippen LogP contribution is -2.38. The number of nitrogens with one attached hydrogen (secondary N) is 1. The molecular formula is C24H26BrF3N2O3. The van der Waals surface area contributed by atoms with Gasteiger partial charge in [0.05, 0.1) is 11.5 Å². The normalized spacial score (nSPS) is 20.6. The van der Waals surface area contributed by atoms with Gasteiger partial charge >= 0.3 is 12.1 Å². The minimum atomic E-state index is -4.50. The highest BCUT2D eigenvalue weighted by atomic mass is 79.9. The number of hydrogen-bond donors (Lipinski definition) is 2. The zero-order valence-corrected chi connectivity index (χ0v) is 19.7. The highest BCUT2D eigenvalue weighted by Crippen LogP contribution is 2.40.